The van der Waals surface area contributed by atoms with E-state index in [1.807, 2.05) is 24.3 Å². The van der Waals surface area contributed by atoms with E-state index < -0.39 is 0 Å². The molecule has 1 fully saturated rings. The van der Waals surface area contributed by atoms with Crippen LogP contribution < -0.4 is 10.6 Å². The van der Waals surface area contributed by atoms with E-state index in [0.717, 1.165) is 24.5 Å². The van der Waals surface area contributed by atoms with Crippen LogP contribution in [0.1, 0.15) is 10.4 Å². The third-order valence-electron chi connectivity index (χ3n) is 3.92. The first-order valence-electron chi connectivity index (χ1n) is 7.29. The molecule has 2 aromatic rings. The molecule has 4 nitrogen and oxygen atoms in total. The van der Waals surface area contributed by atoms with E-state index in [9.17, 15) is 9.18 Å². The van der Waals surface area contributed by atoms with Gasteiger partial charge in [-0.05, 0) is 30.3 Å². The van der Waals surface area contributed by atoms with Gasteiger partial charge in [0.05, 0.1) is 11.4 Å². The molecule has 0 atom stereocenters. The van der Waals surface area contributed by atoms with Crippen LogP contribution in [0, 0.1) is 5.82 Å². The average Bonchev–Trinajstić information content (AvgIpc) is 2.55. The number of nitrogen functional groups attached to an aromatic ring is 1. The molecule has 0 aromatic heterocycles. The first kappa shape index (κ1) is 14.4. The summed E-state index contributed by atoms with van der Waals surface area (Å²) in [5, 5.41) is 0. The smallest absolute Gasteiger partial charge is 0.254 e. The standard InChI is InChI=1S/C17H18FN3O/c18-14-5-3-4-13(12-14)17(22)21-10-8-20(9-11-21)16-7-2-1-6-15(16)19/h1-7,12H,8-11,19H2. The van der Waals surface area contributed by atoms with Crippen molar-refractivity contribution >= 4 is 17.3 Å². The quantitative estimate of drug-likeness (QED) is 0.866. The number of hydrogen-bond acceptors (Lipinski definition) is 3. The fourth-order valence-electron chi connectivity index (χ4n) is 2.73. The average molecular weight is 299 g/mol. The van der Waals surface area contributed by atoms with Gasteiger partial charge >= 0.3 is 0 Å². The summed E-state index contributed by atoms with van der Waals surface area (Å²) in [7, 11) is 0. The zero-order valence-corrected chi connectivity index (χ0v) is 12.2. The number of rotatable bonds is 2. The molecular formula is C17H18FN3O. The molecule has 22 heavy (non-hydrogen) atoms. The van der Waals surface area contributed by atoms with Gasteiger partial charge < -0.3 is 15.5 Å². The van der Waals surface area contributed by atoms with Crippen molar-refractivity contribution in [3.05, 3.63) is 59.9 Å². The number of anilines is 2. The fourth-order valence-corrected chi connectivity index (χ4v) is 2.73. The largest absolute Gasteiger partial charge is 0.397 e. The van der Waals surface area contributed by atoms with Gasteiger partial charge in [0.15, 0.2) is 0 Å². The molecule has 2 N–H and O–H groups in total. The highest BCUT2D eigenvalue weighted by atomic mass is 19.1. The molecule has 0 saturated carbocycles. The van der Waals surface area contributed by atoms with Crippen LogP contribution in [0.2, 0.25) is 0 Å². The third kappa shape index (κ3) is 2.88. The first-order valence-corrected chi connectivity index (χ1v) is 7.29. The monoisotopic (exact) mass is 299 g/mol. The normalized spacial score (nSPS) is 15.0. The van der Waals surface area contributed by atoms with E-state index in [1.54, 1.807) is 17.0 Å². The Hall–Kier alpha value is -2.56. The second-order valence-electron chi connectivity index (χ2n) is 5.35. The second kappa shape index (κ2) is 6.05. The molecule has 1 heterocycles. The summed E-state index contributed by atoms with van der Waals surface area (Å²) in [4.78, 5) is 16.3. The van der Waals surface area contributed by atoms with Crippen molar-refractivity contribution < 1.29 is 9.18 Å². The zero-order valence-electron chi connectivity index (χ0n) is 12.2. The van der Waals surface area contributed by atoms with Crippen molar-refractivity contribution in [2.24, 2.45) is 0 Å². The van der Waals surface area contributed by atoms with E-state index in [2.05, 4.69) is 4.90 Å². The highest BCUT2D eigenvalue weighted by Gasteiger charge is 2.23. The predicted molar refractivity (Wildman–Crippen MR) is 85.4 cm³/mol. The van der Waals surface area contributed by atoms with Gasteiger partial charge in [-0.2, -0.15) is 0 Å². The highest BCUT2D eigenvalue weighted by Crippen LogP contribution is 2.23. The number of benzene rings is 2. The van der Waals surface area contributed by atoms with Gasteiger partial charge in [0, 0.05) is 31.7 Å². The summed E-state index contributed by atoms with van der Waals surface area (Å²) >= 11 is 0. The maximum atomic E-state index is 13.2. The van der Waals surface area contributed by atoms with Gasteiger partial charge in [0.1, 0.15) is 5.82 Å². The van der Waals surface area contributed by atoms with Crippen LogP contribution in [0.4, 0.5) is 15.8 Å². The van der Waals surface area contributed by atoms with Crippen molar-refractivity contribution in [2.75, 3.05) is 36.8 Å². The van der Waals surface area contributed by atoms with Crippen LogP contribution in [0.5, 0.6) is 0 Å². The molecule has 0 aliphatic carbocycles. The lowest BCUT2D eigenvalue weighted by Gasteiger charge is -2.36. The molecule has 0 spiro atoms. The minimum atomic E-state index is -0.387. The number of nitrogens with two attached hydrogens (primary N) is 1. The minimum Gasteiger partial charge on any atom is -0.397 e. The lowest BCUT2D eigenvalue weighted by atomic mass is 10.1. The Labute approximate surface area is 128 Å². The number of halogens is 1. The van der Waals surface area contributed by atoms with Gasteiger partial charge in [-0.3, -0.25) is 4.79 Å². The van der Waals surface area contributed by atoms with Crippen molar-refractivity contribution in [1.82, 2.24) is 4.90 Å². The zero-order chi connectivity index (χ0) is 15.5. The lowest BCUT2D eigenvalue weighted by Crippen LogP contribution is -2.49. The van der Waals surface area contributed by atoms with Gasteiger partial charge in [-0.15, -0.1) is 0 Å². The second-order valence-corrected chi connectivity index (χ2v) is 5.35. The van der Waals surface area contributed by atoms with Crippen molar-refractivity contribution in [1.29, 1.82) is 0 Å². The molecule has 0 unspecified atom stereocenters. The molecule has 1 aliphatic heterocycles. The molecule has 5 heteroatoms. The van der Waals surface area contributed by atoms with Crippen LogP contribution in [0.15, 0.2) is 48.5 Å². The first-order chi connectivity index (χ1) is 10.6. The number of carbonyl (C=O) groups is 1. The van der Waals surface area contributed by atoms with Gasteiger partial charge in [0.2, 0.25) is 0 Å². The van der Waals surface area contributed by atoms with Crippen LogP contribution in [-0.2, 0) is 0 Å². The topological polar surface area (TPSA) is 49.6 Å². The molecule has 1 saturated heterocycles. The Balaban J connectivity index is 1.67. The minimum absolute atomic E-state index is 0.125. The Bertz CT molecular complexity index is 681. The molecule has 0 radical (unpaired) electrons. The Morgan fingerprint density at radius 1 is 1.00 bits per heavy atom. The van der Waals surface area contributed by atoms with E-state index >= 15 is 0 Å². The summed E-state index contributed by atoms with van der Waals surface area (Å²) in [6.45, 7) is 2.64. The number of amides is 1. The van der Waals surface area contributed by atoms with Crippen LogP contribution in [-0.4, -0.2) is 37.0 Å². The summed E-state index contributed by atoms with van der Waals surface area (Å²) in [6, 6.07) is 13.5. The lowest BCUT2D eigenvalue weighted by molar-refractivity contribution is 0.0746. The van der Waals surface area contributed by atoms with E-state index in [4.69, 9.17) is 5.73 Å². The molecule has 114 valence electrons. The molecule has 3 rings (SSSR count). The molecule has 1 amide bonds. The van der Waals surface area contributed by atoms with Crippen molar-refractivity contribution in [2.45, 2.75) is 0 Å². The van der Waals surface area contributed by atoms with Crippen molar-refractivity contribution in [3.8, 4) is 0 Å². The van der Waals surface area contributed by atoms with Crippen molar-refractivity contribution in [3.63, 3.8) is 0 Å². The maximum absolute atomic E-state index is 13.2. The molecule has 2 aromatic carbocycles. The predicted octanol–water partition coefficient (Wildman–Crippen LogP) is 2.37. The van der Waals surface area contributed by atoms with E-state index in [-0.39, 0.29) is 11.7 Å². The molecule has 1 aliphatic rings. The van der Waals surface area contributed by atoms with E-state index in [0.29, 0.717) is 18.7 Å². The van der Waals surface area contributed by atoms with Crippen LogP contribution >= 0.6 is 0 Å². The highest BCUT2D eigenvalue weighted by molar-refractivity contribution is 5.94. The molecular weight excluding hydrogens is 281 g/mol. The Morgan fingerprint density at radius 3 is 2.41 bits per heavy atom. The van der Waals surface area contributed by atoms with Gasteiger partial charge in [0.25, 0.3) is 5.91 Å². The Morgan fingerprint density at radius 2 is 1.73 bits per heavy atom. The third-order valence-corrected chi connectivity index (χ3v) is 3.92. The number of piperazine rings is 1. The summed E-state index contributed by atoms with van der Waals surface area (Å²) in [5.74, 6) is -0.512. The number of hydrogen-bond donors (Lipinski definition) is 1. The van der Waals surface area contributed by atoms with E-state index in [1.165, 1.54) is 12.1 Å². The summed E-state index contributed by atoms with van der Waals surface area (Å²) in [5.41, 5.74) is 8.13. The SMILES string of the molecule is Nc1ccccc1N1CCN(C(=O)c2cccc(F)c2)CC1. The summed E-state index contributed by atoms with van der Waals surface area (Å²) in [6.07, 6.45) is 0. The number of nitrogens with zero attached hydrogens (tertiary/aromatic N) is 2. The Kier molecular flexibility index (Phi) is 3.96. The summed E-state index contributed by atoms with van der Waals surface area (Å²) < 4.78 is 13.2. The molecule has 0 bridgehead atoms. The van der Waals surface area contributed by atoms with Gasteiger partial charge in [-0.1, -0.05) is 18.2 Å². The number of carbonyl (C=O) groups excluding carboxylic acids is 1. The van der Waals surface area contributed by atoms with Crippen LogP contribution in [0.25, 0.3) is 0 Å². The maximum Gasteiger partial charge on any atom is 0.254 e. The van der Waals surface area contributed by atoms with Crippen LogP contribution in [0.3, 0.4) is 0 Å². The fraction of sp³-hybridized carbons (Fsp3) is 0.235. The number of para-hydroxylation sites is 2. The van der Waals surface area contributed by atoms with Gasteiger partial charge in [-0.25, -0.2) is 4.39 Å².